The van der Waals surface area contributed by atoms with Crippen molar-refractivity contribution in [2.24, 2.45) is 0 Å². The van der Waals surface area contributed by atoms with Crippen LogP contribution in [0.2, 0.25) is 0 Å². The molecule has 2 unspecified atom stereocenters. The van der Waals surface area contributed by atoms with Gasteiger partial charge in [0.05, 0.1) is 17.4 Å². The van der Waals surface area contributed by atoms with Crippen LogP contribution < -0.4 is 5.32 Å². The third-order valence-corrected chi connectivity index (χ3v) is 6.46. The average molecular weight is 397 g/mol. The zero-order chi connectivity index (χ0) is 18.8. The molecule has 0 spiro atoms. The Morgan fingerprint density at radius 2 is 2.19 bits per heavy atom. The Kier molecular flexibility index (Phi) is 5.39. The van der Waals surface area contributed by atoms with Gasteiger partial charge in [-0.05, 0) is 17.7 Å². The summed E-state index contributed by atoms with van der Waals surface area (Å²) in [5.41, 5.74) is 0.0249. The van der Waals surface area contributed by atoms with E-state index in [4.69, 9.17) is 0 Å². The molecule has 3 heterocycles. The molecule has 0 radical (unpaired) electrons. The van der Waals surface area contributed by atoms with Crippen molar-refractivity contribution in [3.05, 3.63) is 35.7 Å². The molecule has 2 aliphatic rings. The van der Waals surface area contributed by atoms with E-state index in [-0.39, 0.29) is 27.8 Å². The highest BCUT2D eigenvalue weighted by molar-refractivity contribution is 8.00. The lowest BCUT2D eigenvalue weighted by Gasteiger charge is -2.49. The topological polar surface area (TPSA) is 137 Å². The normalized spacial score (nSPS) is 23.1. The number of carboxylic acid groups (broad SMARTS) is 1. The number of carbonyl (C=O) groups is 3. The van der Waals surface area contributed by atoms with E-state index in [0.717, 1.165) is 4.90 Å². The van der Waals surface area contributed by atoms with Crippen LogP contribution in [0.3, 0.4) is 0 Å². The van der Waals surface area contributed by atoms with E-state index in [1.54, 1.807) is 12.1 Å². The van der Waals surface area contributed by atoms with Crippen LogP contribution in [0.25, 0.3) is 0 Å². The van der Waals surface area contributed by atoms with E-state index in [0.29, 0.717) is 0 Å². The summed E-state index contributed by atoms with van der Waals surface area (Å²) in [4.78, 5) is 40.8. The lowest BCUT2D eigenvalue weighted by Crippen LogP contribution is -2.70. The third-order valence-electron chi connectivity index (χ3n) is 3.89. The van der Waals surface area contributed by atoms with Gasteiger partial charge in [-0.1, -0.05) is 6.07 Å². The molecule has 3 atom stereocenters. The van der Waals surface area contributed by atoms with Crippen molar-refractivity contribution in [3.63, 3.8) is 0 Å². The molecule has 0 saturated carbocycles. The van der Waals surface area contributed by atoms with Crippen molar-refractivity contribution in [2.75, 3.05) is 18.1 Å². The quantitative estimate of drug-likeness (QED) is 0.516. The first kappa shape index (κ1) is 18.5. The fourth-order valence-corrected chi connectivity index (χ4v) is 4.91. The van der Waals surface area contributed by atoms with Crippen molar-refractivity contribution in [1.29, 1.82) is 0 Å². The molecule has 11 heteroatoms. The standard InChI is InChI=1S/C15H15N3O6S2/c19-5-8-6-25-14-11(13(21)18(14)12(8)15(22)23)17-9(20)7-26(24)10-3-1-2-4-16-10/h1-4,11,14,19H,5-7H2,(H,17,20)(H,22,23)/t11?,14-,26?/m1/s1. The van der Waals surface area contributed by atoms with Gasteiger partial charge in [-0.2, -0.15) is 0 Å². The maximum atomic E-state index is 12.3. The van der Waals surface area contributed by atoms with Crippen LogP contribution >= 0.6 is 11.8 Å². The molecular formula is C15H15N3O6S2. The van der Waals surface area contributed by atoms with Crippen LogP contribution in [0.5, 0.6) is 0 Å². The van der Waals surface area contributed by atoms with Gasteiger partial charge in [0.2, 0.25) is 5.91 Å². The number of nitrogens with zero attached hydrogens (tertiary/aromatic N) is 2. The van der Waals surface area contributed by atoms with Crippen LogP contribution in [0.15, 0.2) is 40.7 Å². The molecule has 1 aromatic rings. The van der Waals surface area contributed by atoms with E-state index in [1.807, 2.05) is 0 Å². The van der Waals surface area contributed by atoms with Crippen molar-refractivity contribution >= 4 is 40.3 Å². The Hall–Kier alpha value is -2.24. The van der Waals surface area contributed by atoms with Crippen LogP contribution in [0.4, 0.5) is 0 Å². The Morgan fingerprint density at radius 1 is 1.42 bits per heavy atom. The summed E-state index contributed by atoms with van der Waals surface area (Å²) < 4.78 is 12.1. The molecule has 3 rings (SSSR count). The maximum Gasteiger partial charge on any atom is 0.352 e. The maximum absolute atomic E-state index is 12.3. The van der Waals surface area contributed by atoms with Crippen LogP contribution in [0, 0.1) is 0 Å². The van der Waals surface area contributed by atoms with Crippen molar-refractivity contribution in [2.45, 2.75) is 16.4 Å². The van der Waals surface area contributed by atoms with Gasteiger partial charge in [0, 0.05) is 11.9 Å². The van der Waals surface area contributed by atoms with Crippen molar-refractivity contribution in [3.8, 4) is 0 Å². The van der Waals surface area contributed by atoms with E-state index >= 15 is 0 Å². The zero-order valence-electron chi connectivity index (χ0n) is 13.3. The van der Waals surface area contributed by atoms with E-state index in [2.05, 4.69) is 10.3 Å². The van der Waals surface area contributed by atoms with Gasteiger partial charge in [0.1, 0.15) is 27.9 Å². The summed E-state index contributed by atoms with van der Waals surface area (Å²) in [5.74, 6) is -2.54. The molecule has 1 fully saturated rings. The molecule has 0 bridgehead atoms. The number of hydrogen-bond acceptors (Lipinski definition) is 7. The highest BCUT2D eigenvalue weighted by Gasteiger charge is 2.54. The number of rotatable bonds is 6. The Balaban J connectivity index is 1.65. The monoisotopic (exact) mass is 397 g/mol. The number of aliphatic carboxylic acids is 1. The zero-order valence-corrected chi connectivity index (χ0v) is 15.0. The molecule has 3 N–H and O–H groups in total. The second-order valence-electron chi connectivity index (χ2n) is 5.53. The summed E-state index contributed by atoms with van der Waals surface area (Å²) in [6.07, 6.45) is 1.47. The van der Waals surface area contributed by atoms with Gasteiger partial charge in [0.25, 0.3) is 5.91 Å². The number of aliphatic hydroxyl groups excluding tert-OH is 1. The number of thioether (sulfide) groups is 1. The first-order valence-corrected chi connectivity index (χ1v) is 9.90. The highest BCUT2D eigenvalue weighted by Crippen LogP contribution is 2.40. The smallest absolute Gasteiger partial charge is 0.352 e. The first-order chi connectivity index (χ1) is 12.4. The van der Waals surface area contributed by atoms with Gasteiger partial charge >= 0.3 is 5.97 Å². The average Bonchev–Trinajstić information content (AvgIpc) is 2.65. The Morgan fingerprint density at radius 3 is 2.81 bits per heavy atom. The molecule has 2 aliphatic heterocycles. The third kappa shape index (κ3) is 3.37. The molecule has 26 heavy (non-hydrogen) atoms. The fourth-order valence-electron chi connectivity index (χ4n) is 2.69. The summed E-state index contributed by atoms with van der Waals surface area (Å²) in [7, 11) is -1.64. The van der Waals surface area contributed by atoms with Crippen molar-refractivity contribution < 1.29 is 28.8 Å². The van der Waals surface area contributed by atoms with Gasteiger partial charge in [-0.3, -0.25) is 18.7 Å². The number of pyridine rings is 1. The number of β-lactam (4-membered cyclic amide) rings is 1. The fraction of sp³-hybridized carbons (Fsp3) is 0.333. The molecule has 0 aromatic carbocycles. The number of nitrogens with one attached hydrogen (secondary N) is 1. The predicted octanol–water partition coefficient (Wildman–Crippen LogP) is -1.08. The highest BCUT2D eigenvalue weighted by atomic mass is 32.2. The summed E-state index contributed by atoms with van der Waals surface area (Å²) >= 11 is 1.26. The van der Waals surface area contributed by atoms with E-state index < -0.39 is 46.6 Å². The number of aromatic nitrogens is 1. The van der Waals surface area contributed by atoms with E-state index in [9.17, 15) is 28.8 Å². The summed E-state index contributed by atoms with van der Waals surface area (Å²) in [6, 6.07) is 3.97. The first-order valence-electron chi connectivity index (χ1n) is 7.53. The van der Waals surface area contributed by atoms with Gasteiger partial charge < -0.3 is 15.5 Å². The number of carbonyl (C=O) groups excluding carboxylic acids is 2. The van der Waals surface area contributed by atoms with Crippen LogP contribution in [-0.2, 0) is 25.2 Å². The van der Waals surface area contributed by atoms with Crippen LogP contribution in [-0.4, -0.2) is 71.6 Å². The molecule has 1 saturated heterocycles. The minimum absolute atomic E-state index is 0.233. The molecule has 0 aliphatic carbocycles. The SMILES string of the molecule is O=C(CS(=O)c1ccccn1)NC1C(=O)N2C(C(=O)O)=C(CO)CS[C@H]12. The van der Waals surface area contributed by atoms with E-state index in [1.165, 1.54) is 24.0 Å². The number of amides is 2. The number of aliphatic hydroxyl groups is 1. The predicted molar refractivity (Wildman–Crippen MR) is 92.3 cm³/mol. The Bertz CT molecular complexity index is 813. The van der Waals surface area contributed by atoms with Gasteiger partial charge in [0.15, 0.2) is 0 Å². The number of fused-ring (bicyclic) bond motifs is 1. The summed E-state index contributed by atoms with van der Waals surface area (Å²) in [6.45, 7) is -0.453. The molecule has 1 aromatic heterocycles. The largest absolute Gasteiger partial charge is 0.477 e. The molecular weight excluding hydrogens is 382 g/mol. The van der Waals surface area contributed by atoms with Gasteiger partial charge in [-0.15, -0.1) is 11.8 Å². The minimum Gasteiger partial charge on any atom is -0.477 e. The molecule has 2 amide bonds. The molecule has 138 valence electrons. The second kappa shape index (κ2) is 7.56. The molecule has 9 nitrogen and oxygen atoms in total. The lowest BCUT2D eigenvalue weighted by atomic mass is 10.0. The van der Waals surface area contributed by atoms with Crippen LogP contribution in [0.1, 0.15) is 0 Å². The minimum atomic E-state index is -1.64. The van der Waals surface area contributed by atoms with Gasteiger partial charge in [-0.25, -0.2) is 9.78 Å². The van der Waals surface area contributed by atoms with Crippen molar-refractivity contribution in [1.82, 2.24) is 15.2 Å². The lowest BCUT2D eigenvalue weighted by molar-refractivity contribution is -0.150. The number of hydrogen-bond donors (Lipinski definition) is 3. The second-order valence-corrected chi connectivity index (χ2v) is 8.03. The number of carboxylic acids is 1. The summed E-state index contributed by atoms with van der Waals surface area (Å²) in [5, 5.41) is 20.8. The Labute approximate surface area is 154 Å².